The SMILES string of the molecule is O=C(Nc1cccc(Cl)c1)[C@H](C1CCCC1)N1CCN(C(=O)c2ccccc2F)CC1. The molecule has 2 aliphatic rings. The molecule has 0 aromatic heterocycles. The average molecular weight is 444 g/mol. The first-order valence-electron chi connectivity index (χ1n) is 10.9. The van der Waals surface area contributed by atoms with Crippen LogP contribution in [0.5, 0.6) is 0 Å². The van der Waals surface area contributed by atoms with E-state index in [1.54, 1.807) is 29.2 Å². The van der Waals surface area contributed by atoms with Crippen LogP contribution in [-0.2, 0) is 4.79 Å². The molecule has 0 spiro atoms. The Morgan fingerprint density at radius 3 is 2.39 bits per heavy atom. The van der Waals surface area contributed by atoms with Gasteiger partial charge in [-0.2, -0.15) is 0 Å². The van der Waals surface area contributed by atoms with Crippen molar-refractivity contribution in [3.05, 3.63) is 64.9 Å². The van der Waals surface area contributed by atoms with Gasteiger partial charge in [0.25, 0.3) is 5.91 Å². The minimum atomic E-state index is -0.500. The van der Waals surface area contributed by atoms with Gasteiger partial charge in [-0.15, -0.1) is 0 Å². The molecule has 2 aromatic rings. The van der Waals surface area contributed by atoms with Gasteiger partial charge in [-0.1, -0.05) is 42.6 Å². The molecule has 1 aliphatic heterocycles. The van der Waals surface area contributed by atoms with Crippen LogP contribution >= 0.6 is 11.6 Å². The molecular weight excluding hydrogens is 417 g/mol. The number of rotatable bonds is 5. The molecule has 1 saturated carbocycles. The van der Waals surface area contributed by atoms with Crippen molar-refractivity contribution in [2.24, 2.45) is 5.92 Å². The van der Waals surface area contributed by atoms with E-state index in [0.717, 1.165) is 25.7 Å². The summed E-state index contributed by atoms with van der Waals surface area (Å²) in [5, 5.41) is 3.61. The molecule has 1 saturated heterocycles. The first-order chi connectivity index (χ1) is 15.0. The number of benzene rings is 2. The maximum absolute atomic E-state index is 14.0. The highest BCUT2D eigenvalue weighted by Gasteiger charge is 2.37. The largest absolute Gasteiger partial charge is 0.336 e. The molecule has 2 amide bonds. The third kappa shape index (κ3) is 5.08. The van der Waals surface area contributed by atoms with E-state index < -0.39 is 5.82 Å². The predicted molar refractivity (Wildman–Crippen MR) is 120 cm³/mol. The van der Waals surface area contributed by atoms with Gasteiger partial charge in [0.1, 0.15) is 5.82 Å². The van der Waals surface area contributed by atoms with Gasteiger partial charge in [0.15, 0.2) is 0 Å². The summed E-state index contributed by atoms with van der Waals surface area (Å²) < 4.78 is 14.0. The van der Waals surface area contributed by atoms with Crippen molar-refractivity contribution in [1.29, 1.82) is 0 Å². The van der Waals surface area contributed by atoms with Gasteiger partial charge >= 0.3 is 0 Å². The van der Waals surface area contributed by atoms with E-state index in [0.29, 0.717) is 42.8 Å². The van der Waals surface area contributed by atoms with Crippen LogP contribution in [0.1, 0.15) is 36.0 Å². The zero-order chi connectivity index (χ0) is 21.8. The van der Waals surface area contributed by atoms with Crippen LogP contribution in [0.25, 0.3) is 0 Å². The number of nitrogens with zero attached hydrogens (tertiary/aromatic N) is 2. The fourth-order valence-corrected chi connectivity index (χ4v) is 4.93. The van der Waals surface area contributed by atoms with Gasteiger partial charge in [-0.05, 0) is 49.1 Å². The van der Waals surface area contributed by atoms with Crippen LogP contribution in [0.4, 0.5) is 10.1 Å². The zero-order valence-corrected chi connectivity index (χ0v) is 18.2. The van der Waals surface area contributed by atoms with E-state index in [2.05, 4.69) is 10.2 Å². The number of hydrogen-bond acceptors (Lipinski definition) is 3. The van der Waals surface area contributed by atoms with Crippen molar-refractivity contribution >= 4 is 29.1 Å². The number of hydrogen-bond donors (Lipinski definition) is 1. The fourth-order valence-electron chi connectivity index (χ4n) is 4.74. The molecular formula is C24H27ClFN3O2. The molecule has 0 unspecified atom stereocenters. The second-order valence-electron chi connectivity index (χ2n) is 8.30. The lowest BCUT2D eigenvalue weighted by atomic mass is 9.94. The Morgan fingerprint density at radius 1 is 1.00 bits per heavy atom. The summed E-state index contributed by atoms with van der Waals surface area (Å²) >= 11 is 6.07. The summed E-state index contributed by atoms with van der Waals surface area (Å²) in [6.07, 6.45) is 4.33. The molecule has 2 aromatic carbocycles. The summed E-state index contributed by atoms with van der Waals surface area (Å²) in [6.45, 7) is 2.12. The summed E-state index contributed by atoms with van der Waals surface area (Å²) in [5.74, 6) is -0.519. The Bertz CT molecular complexity index is 940. The highest BCUT2D eigenvalue weighted by molar-refractivity contribution is 6.30. The number of halogens is 2. The van der Waals surface area contributed by atoms with Gasteiger partial charge in [0, 0.05) is 36.9 Å². The summed E-state index contributed by atoms with van der Waals surface area (Å²) in [4.78, 5) is 29.9. The molecule has 1 heterocycles. The highest BCUT2D eigenvalue weighted by Crippen LogP contribution is 2.32. The molecule has 1 atom stereocenters. The Hall–Kier alpha value is -2.44. The van der Waals surface area contributed by atoms with E-state index in [-0.39, 0.29) is 23.4 Å². The third-order valence-electron chi connectivity index (χ3n) is 6.31. The maximum Gasteiger partial charge on any atom is 0.256 e. The van der Waals surface area contributed by atoms with E-state index in [9.17, 15) is 14.0 Å². The zero-order valence-electron chi connectivity index (χ0n) is 17.4. The number of anilines is 1. The van der Waals surface area contributed by atoms with Crippen LogP contribution in [0.2, 0.25) is 5.02 Å². The standard InChI is InChI=1S/C24H27ClFN3O2/c25-18-8-5-9-19(16-18)27-23(30)22(17-6-1-2-7-17)28-12-14-29(15-13-28)24(31)20-10-3-4-11-21(20)26/h3-5,8-11,16-17,22H,1-2,6-7,12-15H2,(H,27,30)/t22-/m0/s1. The smallest absolute Gasteiger partial charge is 0.256 e. The predicted octanol–water partition coefficient (Wildman–Crippen LogP) is 4.43. The Balaban J connectivity index is 1.44. The number of carbonyl (C=O) groups excluding carboxylic acids is 2. The lowest BCUT2D eigenvalue weighted by Gasteiger charge is -2.40. The molecule has 2 fully saturated rings. The second-order valence-corrected chi connectivity index (χ2v) is 8.73. The minimum Gasteiger partial charge on any atom is -0.336 e. The Kier molecular flexibility index (Phi) is 6.88. The van der Waals surface area contributed by atoms with Crippen molar-refractivity contribution in [1.82, 2.24) is 9.80 Å². The van der Waals surface area contributed by atoms with Crippen molar-refractivity contribution in [2.75, 3.05) is 31.5 Å². The second kappa shape index (κ2) is 9.79. The first-order valence-corrected chi connectivity index (χ1v) is 11.2. The third-order valence-corrected chi connectivity index (χ3v) is 6.54. The number of piperazine rings is 1. The van der Waals surface area contributed by atoms with Gasteiger partial charge in [-0.25, -0.2) is 4.39 Å². The van der Waals surface area contributed by atoms with Crippen LogP contribution in [0, 0.1) is 11.7 Å². The van der Waals surface area contributed by atoms with Crippen molar-refractivity contribution in [3.63, 3.8) is 0 Å². The highest BCUT2D eigenvalue weighted by atomic mass is 35.5. The van der Waals surface area contributed by atoms with Gasteiger partial charge in [-0.3, -0.25) is 14.5 Å². The van der Waals surface area contributed by atoms with E-state index in [1.807, 2.05) is 12.1 Å². The van der Waals surface area contributed by atoms with E-state index in [4.69, 9.17) is 11.6 Å². The number of carbonyl (C=O) groups is 2. The summed E-state index contributed by atoms with van der Waals surface area (Å²) in [5.41, 5.74) is 0.788. The quantitative estimate of drug-likeness (QED) is 0.743. The average Bonchev–Trinajstić information content (AvgIpc) is 3.28. The number of nitrogens with one attached hydrogen (secondary N) is 1. The van der Waals surface area contributed by atoms with Gasteiger partial charge in [0.2, 0.25) is 5.91 Å². The van der Waals surface area contributed by atoms with Crippen molar-refractivity contribution in [2.45, 2.75) is 31.7 Å². The minimum absolute atomic E-state index is 0.0250. The van der Waals surface area contributed by atoms with Crippen LogP contribution < -0.4 is 5.32 Å². The summed E-state index contributed by atoms with van der Waals surface area (Å²) in [6, 6.07) is 13.0. The fraction of sp³-hybridized carbons (Fsp3) is 0.417. The van der Waals surface area contributed by atoms with Crippen LogP contribution in [-0.4, -0.2) is 53.8 Å². The molecule has 1 aliphatic carbocycles. The Morgan fingerprint density at radius 2 is 1.71 bits per heavy atom. The topological polar surface area (TPSA) is 52.7 Å². The van der Waals surface area contributed by atoms with Gasteiger partial charge in [0.05, 0.1) is 11.6 Å². The molecule has 31 heavy (non-hydrogen) atoms. The van der Waals surface area contributed by atoms with Gasteiger partial charge < -0.3 is 10.2 Å². The number of amides is 2. The molecule has 7 heteroatoms. The first kappa shape index (κ1) is 21.8. The van der Waals surface area contributed by atoms with Crippen LogP contribution in [0.3, 0.4) is 0 Å². The molecule has 1 N–H and O–H groups in total. The molecule has 164 valence electrons. The van der Waals surface area contributed by atoms with Crippen molar-refractivity contribution < 1.29 is 14.0 Å². The molecule has 0 bridgehead atoms. The normalized spacial score (nSPS) is 18.7. The van der Waals surface area contributed by atoms with E-state index in [1.165, 1.54) is 12.1 Å². The molecule has 5 nitrogen and oxygen atoms in total. The lowest BCUT2D eigenvalue weighted by Crippen LogP contribution is -2.57. The molecule has 4 rings (SSSR count). The maximum atomic E-state index is 14.0. The van der Waals surface area contributed by atoms with Crippen LogP contribution in [0.15, 0.2) is 48.5 Å². The Labute approximate surface area is 187 Å². The monoisotopic (exact) mass is 443 g/mol. The lowest BCUT2D eigenvalue weighted by molar-refractivity contribution is -0.123. The van der Waals surface area contributed by atoms with Crippen molar-refractivity contribution in [3.8, 4) is 0 Å². The van der Waals surface area contributed by atoms with E-state index >= 15 is 0 Å². The summed E-state index contributed by atoms with van der Waals surface area (Å²) in [7, 11) is 0. The molecule has 0 radical (unpaired) electrons.